The smallest absolute Gasteiger partial charge is 0.170 e. The third-order valence-corrected chi connectivity index (χ3v) is 5.49. The Balaban J connectivity index is 2.05. The van der Waals surface area contributed by atoms with Crippen molar-refractivity contribution in [3.63, 3.8) is 0 Å². The van der Waals surface area contributed by atoms with Crippen LogP contribution in [0.15, 0.2) is 24.3 Å². The lowest BCUT2D eigenvalue weighted by molar-refractivity contribution is -0.121. The van der Waals surface area contributed by atoms with Crippen LogP contribution < -0.4 is 0 Å². The van der Waals surface area contributed by atoms with Crippen LogP contribution in [0.5, 0.6) is 0 Å². The predicted octanol–water partition coefficient (Wildman–Crippen LogP) is 3.45. The van der Waals surface area contributed by atoms with E-state index in [1.54, 1.807) is 0 Å². The molecule has 2 nitrogen and oxygen atoms in total. The van der Waals surface area contributed by atoms with Crippen LogP contribution in [0, 0.1) is 5.41 Å². The highest BCUT2D eigenvalue weighted by Crippen LogP contribution is 2.57. The highest BCUT2D eigenvalue weighted by Gasteiger charge is 2.52. The number of fused-ring (bicyclic) bond motifs is 1. The molecule has 1 aromatic rings. The summed E-state index contributed by atoms with van der Waals surface area (Å²) < 4.78 is 0. The number of ketones is 2. The quantitative estimate of drug-likeness (QED) is 0.687. The molecule has 2 aliphatic rings. The van der Waals surface area contributed by atoms with E-state index in [4.69, 9.17) is 0 Å². The first-order valence-corrected chi connectivity index (χ1v) is 6.86. The van der Waals surface area contributed by atoms with Gasteiger partial charge >= 0.3 is 0 Å². The molecule has 0 aliphatic heterocycles. The topological polar surface area (TPSA) is 34.1 Å². The number of halogens is 1. The van der Waals surface area contributed by atoms with Crippen molar-refractivity contribution < 1.29 is 9.59 Å². The summed E-state index contributed by atoms with van der Waals surface area (Å²) in [6, 6.07) is 7.78. The molecular formula is C14H13BrO2. The molecule has 1 aromatic carbocycles. The Bertz CT molecular complexity index is 497. The molecule has 1 atom stereocenters. The van der Waals surface area contributed by atoms with Crippen molar-refractivity contribution >= 4 is 27.5 Å². The zero-order valence-electron chi connectivity index (χ0n) is 9.41. The fourth-order valence-corrected chi connectivity index (χ4v) is 4.13. The molecule has 1 saturated carbocycles. The fourth-order valence-electron chi connectivity index (χ4n) is 3.06. The number of alkyl halides is 1. The maximum atomic E-state index is 12.5. The Morgan fingerprint density at radius 3 is 2.41 bits per heavy atom. The third-order valence-electron chi connectivity index (χ3n) is 4.12. The number of benzene rings is 1. The lowest BCUT2D eigenvalue weighted by Gasteiger charge is -2.34. The van der Waals surface area contributed by atoms with Crippen LogP contribution in [0.1, 0.15) is 46.4 Å². The zero-order chi connectivity index (χ0) is 12.0. The molecular weight excluding hydrogens is 280 g/mol. The summed E-state index contributed by atoms with van der Waals surface area (Å²) in [5, 5.41) is 0. The van der Waals surface area contributed by atoms with E-state index in [9.17, 15) is 9.59 Å². The van der Waals surface area contributed by atoms with Crippen molar-refractivity contribution in [2.45, 2.75) is 30.5 Å². The van der Waals surface area contributed by atoms with Gasteiger partial charge in [-0.15, -0.1) is 0 Å². The first kappa shape index (κ1) is 11.1. The van der Waals surface area contributed by atoms with E-state index in [-0.39, 0.29) is 16.0 Å². The minimum atomic E-state index is -0.363. The minimum Gasteiger partial charge on any atom is -0.300 e. The standard InChI is InChI=1S/C14H13BrO2/c15-12-10-3-1-2-4-11(10)13(17)14(12)7-5-9(16)6-8-14/h1-4,12H,5-8H2. The molecule has 1 unspecified atom stereocenters. The second-order valence-corrected chi connectivity index (χ2v) is 5.89. The molecule has 0 aromatic heterocycles. The number of hydrogen-bond acceptors (Lipinski definition) is 2. The molecule has 1 spiro atoms. The summed E-state index contributed by atoms with van der Waals surface area (Å²) in [7, 11) is 0. The summed E-state index contributed by atoms with van der Waals surface area (Å²) in [6.07, 6.45) is 2.47. The average molecular weight is 293 g/mol. The van der Waals surface area contributed by atoms with Crippen LogP contribution >= 0.6 is 15.9 Å². The molecule has 1 fully saturated rings. The third kappa shape index (κ3) is 1.45. The van der Waals surface area contributed by atoms with Gasteiger partial charge in [0.1, 0.15) is 5.78 Å². The van der Waals surface area contributed by atoms with E-state index in [1.807, 2.05) is 24.3 Å². The molecule has 0 saturated heterocycles. The van der Waals surface area contributed by atoms with E-state index < -0.39 is 0 Å². The Kier molecular flexibility index (Phi) is 2.47. The fraction of sp³-hybridized carbons (Fsp3) is 0.429. The van der Waals surface area contributed by atoms with E-state index in [1.165, 1.54) is 0 Å². The van der Waals surface area contributed by atoms with Gasteiger partial charge in [0.05, 0.1) is 10.2 Å². The second kappa shape index (κ2) is 3.77. The van der Waals surface area contributed by atoms with Gasteiger partial charge < -0.3 is 0 Å². The van der Waals surface area contributed by atoms with Gasteiger partial charge in [-0.25, -0.2) is 0 Å². The molecule has 3 heteroatoms. The van der Waals surface area contributed by atoms with Gasteiger partial charge in [-0.2, -0.15) is 0 Å². The Morgan fingerprint density at radius 2 is 1.76 bits per heavy atom. The van der Waals surface area contributed by atoms with Crippen molar-refractivity contribution in [3.05, 3.63) is 35.4 Å². The highest BCUT2D eigenvalue weighted by atomic mass is 79.9. The monoisotopic (exact) mass is 292 g/mol. The average Bonchev–Trinajstić information content (AvgIpc) is 2.57. The van der Waals surface area contributed by atoms with E-state index >= 15 is 0 Å². The molecule has 0 N–H and O–H groups in total. The minimum absolute atomic E-state index is 0.0757. The summed E-state index contributed by atoms with van der Waals surface area (Å²) in [5.41, 5.74) is 1.56. The van der Waals surface area contributed by atoms with Crippen LogP contribution in [0.2, 0.25) is 0 Å². The normalized spacial score (nSPS) is 26.3. The van der Waals surface area contributed by atoms with Crippen molar-refractivity contribution in [2.75, 3.05) is 0 Å². The van der Waals surface area contributed by atoms with Crippen LogP contribution in [-0.2, 0) is 4.79 Å². The summed E-state index contributed by atoms with van der Waals surface area (Å²) in [5.74, 6) is 0.515. The van der Waals surface area contributed by atoms with Crippen LogP contribution in [0.25, 0.3) is 0 Å². The summed E-state index contributed by atoms with van der Waals surface area (Å²) in [4.78, 5) is 24.0. The maximum absolute atomic E-state index is 12.5. The number of Topliss-reactive ketones (excluding diaryl/α,β-unsaturated/α-hetero) is 2. The maximum Gasteiger partial charge on any atom is 0.170 e. The van der Waals surface area contributed by atoms with Gasteiger partial charge in [0.15, 0.2) is 5.78 Å². The van der Waals surface area contributed by atoms with Crippen LogP contribution in [0.3, 0.4) is 0 Å². The van der Waals surface area contributed by atoms with Gasteiger partial charge in [0, 0.05) is 18.4 Å². The van der Waals surface area contributed by atoms with Crippen molar-refractivity contribution in [2.24, 2.45) is 5.41 Å². The molecule has 0 heterocycles. The van der Waals surface area contributed by atoms with E-state index in [0.29, 0.717) is 31.5 Å². The van der Waals surface area contributed by atoms with Crippen LogP contribution in [0.4, 0.5) is 0 Å². The van der Waals surface area contributed by atoms with Crippen molar-refractivity contribution in [1.29, 1.82) is 0 Å². The Labute approximate surface area is 109 Å². The van der Waals surface area contributed by atoms with Gasteiger partial charge in [0.2, 0.25) is 0 Å². The first-order valence-electron chi connectivity index (χ1n) is 5.95. The number of rotatable bonds is 0. The molecule has 0 amide bonds. The van der Waals surface area contributed by atoms with Crippen molar-refractivity contribution in [3.8, 4) is 0 Å². The highest BCUT2D eigenvalue weighted by molar-refractivity contribution is 9.09. The zero-order valence-corrected chi connectivity index (χ0v) is 11.0. The van der Waals surface area contributed by atoms with Gasteiger partial charge in [-0.3, -0.25) is 9.59 Å². The SMILES string of the molecule is O=C1CCC2(CC1)C(=O)c1ccccc1C2Br. The lowest BCUT2D eigenvalue weighted by atomic mass is 9.71. The Hall–Kier alpha value is -0.960. The second-order valence-electron chi connectivity index (χ2n) is 4.97. The molecule has 88 valence electrons. The number of carbonyl (C=O) groups is 2. The van der Waals surface area contributed by atoms with Gasteiger partial charge in [0.25, 0.3) is 0 Å². The largest absolute Gasteiger partial charge is 0.300 e. The molecule has 3 rings (SSSR count). The number of hydrogen-bond donors (Lipinski definition) is 0. The van der Waals surface area contributed by atoms with E-state index in [2.05, 4.69) is 15.9 Å². The molecule has 0 bridgehead atoms. The summed E-state index contributed by atoms with van der Waals surface area (Å²) in [6.45, 7) is 0. The lowest BCUT2D eigenvalue weighted by Crippen LogP contribution is -2.34. The van der Waals surface area contributed by atoms with E-state index in [0.717, 1.165) is 11.1 Å². The van der Waals surface area contributed by atoms with Gasteiger partial charge in [-0.1, -0.05) is 40.2 Å². The van der Waals surface area contributed by atoms with Crippen molar-refractivity contribution in [1.82, 2.24) is 0 Å². The first-order chi connectivity index (χ1) is 8.15. The summed E-state index contributed by atoms with van der Waals surface area (Å²) >= 11 is 3.68. The number of carbonyl (C=O) groups excluding carboxylic acids is 2. The van der Waals surface area contributed by atoms with Gasteiger partial charge in [-0.05, 0) is 18.4 Å². The predicted molar refractivity (Wildman–Crippen MR) is 68.3 cm³/mol. The Morgan fingerprint density at radius 1 is 1.12 bits per heavy atom. The molecule has 2 aliphatic carbocycles. The molecule has 0 radical (unpaired) electrons. The molecule has 17 heavy (non-hydrogen) atoms. The van der Waals surface area contributed by atoms with Crippen LogP contribution in [-0.4, -0.2) is 11.6 Å².